The van der Waals surface area contributed by atoms with Gasteiger partial charge in [0.2, 0.25) is 0 Å². The van der Waals surface area contributed by atoms with Gasteiger partial charge in [0.1, 0.15) is 0 Å². The maximum Gasteiger partial charge on any atom is 0.195 e. The average Bonchev–Trinajstić information content (AvgIpc) is 2.53. The number of benzene rings is 1. The predicted molar refractivity (Wildman–Crippen MR) is 53.7 cm³/mol. The minimum atomic E-state index is -0.922. The van der Waals surface area contributed by atoms with Gasteiger partial charge in [-0.15, -0.1) is 0 Å². The van der Waals surface area contributed by atoms with Crippen LogP contribution in [-0.4, -0.2) is 14.8 Å². The number of aromatic amines is 1. The molecule has 2 aromatic rings. The molecule has 0 fully saturated rings. The van der Waals surface area contributed by atoms with Gasteiger partial charge in [0.25, 0.3) is 0 Å². The minimum absolute atomic E-state index is 0.0878. The number of H-pyrrole nitrogens is 1. The van der Waals surface area contributed by atoms with Crippen molar-refractivity contribution in [3.8, 4) is 11.4 Å². The van der Waals surface area contributed by atoms with Gasteiger partial charge in [0, 0.05) is 7.05 Å². The van der Waals surface area contributed by atoms with Crippen molar-refractivity contribution in [3.63, 3.8) is 0 Å². The third-order valence-electron chi connectivity index (χ3n) is 2.07. The highest BCUT2D eigenvalue weighted by Gasteiger charge is 2.13. The number of nitrogens with one attached hydrogen (secondary N) is 1. The molecule has 78 valence electrons. The molecule has 6 heteroatoms. The summed E-state index contributed by atoms with van der Waals surface area (Å²) in [5.74, 6) is -1.55. The number of halogens is 2. The van der Waals surface area contributed by atoms with E-state index in [1.165, 1.54) is 16.7 Å². The lowest BCUT2D eigenvalue weighted by atomic mass is 10.2. The van der Waals surface area contributed by atoms with Crippen LogP contribution in [0.3, 0.4) is 0 Å². The van der Waals surface area contributed by atoms with Crippen LogP contribution in [0.4, 0.5) is 8.78 Å². The van der Waals surface area contributed by atoms with Crippen LogP contribution >= 0.6 is 12.2 Å². The van der Waals surface area contributed by atoms with Crippen LogP contribution in [0.25, 0.3) is 11.4 Å². The van der Waals surface area contributed by atoms with E-state index in [1.807, 2.05) is 0 Å². The highest BCUT2D eigenvalue weighted by molar-refractivity contribution is 7.71. The Labute approximate surface area is 89.4 Å². The molecule has 0 aliphatic carbocycles. The molecule has 15 heavy (non-hydrogen) atoms. The van der Waals surface area contributed by atoms with Gasteiger partial charge >= 0.3 is 0 Å². The fourth-order valence-corrected chi connectivity index (χ4v) is 1.40. The third kappa shape index (κ3) is 1.56. The van der Waals surface area contributed by atoms with Crippen LogP contribution in [0.5, 0.6) is 0 Å². The fourth-order valence-electron chi connectivity index (χ4n) is 1.26. The molecule has 2 rings (SSSR count). The highest BCUT2D eigenvalue weighted by Crippen LogP contribution is 2.21. The molecule has 1 aromatic carbocycles. The molecule has 0 amide bonds. The normalized spacial score (nSPS) is 10.6. The Morgan fingerprint density at radius 3 is 2.73 bits per heavy atom. The van der Waals surface area contributed by atoms with E-state index in [0.29, 0.717) is 4.77 Å². The van der Waals surface area contributed by atoms with Gasteiger partial charge < -0.3 is 4.57 Å². The van der Waals surface area contributed by atoms with Crippen LogP contribution in [0.2, 0.25) is 0 Å². The van der Waals surface area contributed by atoms with Crippen LogP contribution in [0, 0.1) is 16.4 Å². The van der Waals surface area contributed by atoms with Gasteiger partial charge in [-0.25, -0.2) is 8.78 Å². The zero-order valence-corrected chi connectivity index (χ0v) is 8.61. The molecule has 3 nitrogen and oxygen atoms in total. The summed E-state index contributed by atoms with van der Waals surface area (Å²) < 4.78 is 28.2. The molecule has 0 aliphatic heterocycles. The van der Waals surface area contributed by atoms with Crippen LogP contribution in [0.1, 0.15) is 0 Å². The van der Waals surface area contributed by atoms with Crippen molar-refractivity contribution in [2.45, 2.75) is 0 Å². The van der Waals surface area contributed by atoms with Gasteiger partial charge in [-0.05, 0) is 24.4 Å². The molecule has 0 saturated heterocycles. The summed E-state index contributed by atoms with van der Waals surface area (Å²) in [6.07, 6.45) is 0. The average molecular weight is 227 g/mol. The SMILES string of the molecule is Cn1c(-c2cccc(F)c2F)n[nH]c1=S. The number of hydrogen-bond acceptors (Lipinski definition) is 2. The Morgan fingerprint density at radius 2 is 2.13 bits per heavy atom. The van der Waals surface area contributed by atoms with Gasteiger partial charge in [0.05, 0.1) is 5.56 Å². The van der Waals surface area contributed by atoms with Crippen molar-refractivity contribution in [2.75, 3.05) is 0 Å². The van der Waals surface area contributed by atoms with Crippen LogP contribution in [0.15, 0.2) is 18.2 Å². The standard InChI is InChI=1S/C9H7F2N3S/c1-14-8(12-13-9(14)15)5-3-2-4-6(10)7(5)11/h2-4H,1H3,(H,13,15). The first-order valence-corrected chi connectivity index (χ1v) is 4.58. The molecular weight excluding hydrogens is 220 g/mol. The maximum absolute atomic E-state index is 13.4. The summed E-state index contributed by atoms with van der Waals surface area (Å²) in [4.78, 5) is 0. The van der Waals surface area contributed by atoms with E-state index < -0.39 is 11.6 Å². The Balaban J connectivity index is 2.69. The second-order valence-corrected chi connectivity index (χ2v) is 3.40. The lowest BCUT2D eigenvalue weighted by Gasteiger charge is -2.02. The van der Waals surface area contributed by atoms with E-state index >= 15 is 0 Å². The summed E-state index contributed by atoms with van der Waals surface area (Å²) in [5, 5.41) is 6.34. The van der Waals surface area contributed by atoms with Crippen molar-refractivity contribution in [1.29, 1.82) is 0 Å². The summed E-state index contributed by atoms with van der Waals surface area (Å²) in [7, 11) is 1.63. The molecule has 1 aromatic heterocycles. The van der Waals surface area contributed by atoms with Crippen LogP contribution in [-0.2, 0) is 7.05 Å². The zero-order valence-electron chi connectivity index (χ0n) is 7.79. The molecule has 0 saturated carbocycles. The fraction of sp³-hybridized carbons (Fsp3) is 0.111. The molecule has 0 radical (unpaired) electrons. The summed E-state index contributed by atoms with van der Waals surface area (Å²) in [5.41, 5.74) is 0.0878. The van der Waals surface area contributed by atoms with Gasteiger partial charge in [-0.3, -0.25) is 5.10 Å². The van der Waals surface area contributed by atoms with E-state index in [2.05, 4.69) is 10.2 Å². The first kappa shape index (κ1) is 9.97. The van der Waals surface area contributed by atoms with Gasteiger partial charge in [-0.2, -0.15) is 5.10 Å². The Morgan fingerprint density at radius 1 is 1.40 bits per heavy atom. The lowest BCUT2D eigenvalue weighted by molar-refractivity contribution is 0.510. The second-order valence-electron chi connectivity index (χ2n) is 3.01. The largest absolute Gasteiger partial charge is 0.303 e. The van der Waals surface area contributed by atoms with Crippen molar-refractivity contribution in [1.82, 2.24) is 14.8 Å². The molecular formula is C9H7F2N3S. The Kier molecular flexibility index (Phi) is 2.36. The zero-order chi connectivity index (χ0) is 11.0. The van der Waals surface area contributed by atoms with E-state index in [1.54, 1.807) is 7.05 Å². The van der Waals surface area contributed by atoms with Crippen molar-refractivity contribution < 1.29 is 8.78 Å². The topological polar surface area (TPSA) is 33.6 Å². The quantitative estimate of drug-likeness (QED) is 0.759. The van der Waals surface area contributed by atoms with E-state index in [-0.39, 0.29) is 11.4 Å². The third-order valence-corrected chi connectivity index (χ3v) is 2.44. The molecule has 0 unspecified atom stereocenters. The summed E-state index contributed by atoms with van der Waals surface area (Å²) >= 11 is 4.88. The second kappa shape index (κ2) is 3.54. The molecule has 0 atom stereocenters. The number of nitrogens with zero attached hydrogens (tertiary/aromatic N) is 2. The van der Waals surface area contributed by atoms with E-state index in [0.717, 1.165) is 6.07 Å². The Bertz CT molecular complexity index is 559. The van der Waals surface area contributed by atoms with Gasteiger partial charge in [-0.1, -0.05) is 6.07 Å². The molecule has 0 spiro atoms. The van der Waals surface area contributed by atoms with Crippen molar-refractivity contribution in [3.05, 3.63) is 34.6 Å². The van der Waals surface area contributed by atoms with E-state index in [9.17, 15) is 8.78 Å². The number of aromatic nitrogens is 3. The first-order chi connectivity index (χ1) is 7.11. The highest BCUT2D eigenvalue weighted by atomic mass is 32.1. The molecule has 1 heterocycles. The number of rotatable bonds is 1. The Hall–Kier alpha value is -1.56. The molecule has 0 bridgehead atoms. The van der Waals surface area contributed by atoms with Crippen molar-refractivity contribution in [2.24, 2.45) is 7.05 Å². The lowest BCUT2D eigenvalue weighted by Crippen LogP contribution is -1.96. The predicted octanol–water partition coefficient (Wildman–Crippen LogP) is 2.42. The summed E-state index contributed by atoms with van der Waals surface area (Å²) in [6, 6.07) is 3.93. The van der Waals surface area contributed by atoms with Crippen LogP contribution < -0.4 is 0 Å². The van der Waals surface area contributed by atoms with Gasteiger partial charge in [0.15, 0.2) is 22.2 Å². The first-order valence-electron chi connectivity index (χ1n) is 4.17. The van der Waals surface area contributed by atoms with Crippen molar-refractivity contribution >= 4 is 12.2 Å². The van der Waals surface area contributed by atoms with E-state index in [4.69, 9.17) is 12.2 Å². The number of hydrogen-bond donors (Lipinski definition) is 1. The molecule has 0 aliphatic rings. The summed E-state index contributed by atoms with van der Waals surface area (Å²) in [6.45, 7) is 0. The smallest absolute Gasteiger partial charge is 0.195 e. The maximum atomic E-state index is 13.4. The monoisotopic (exact) mass is 227 g/mol. The minimum Gasteiger partial charge on any atom is -0.303 e. The molecule has 1 N–H and O–H groups in total.